The molecule has 0 aromatic carbocycles. The van der Waals surface area contributed by atoms with Gasteiger partial charge in [-0.2, -0.15) is 0 Å². The van der Waals surface area contributed by atoms with Crippen molar-refractivity contribution in [2.45, 2.75) is 51.5 Å². The summed E-state index contributed by atoms with van der Waals surface area (Å²) >= 11 is 0. The second kappa shape index (κ2) is 7.29. The minimum Gasteiger partial charge on any atom is -0.481 e. The van der Waals surface area contributed by atoms with E-state index in [1.165, 1.54) is 0 Å². The number of carboxylic acids is 1. The van der Waals surface area contributed by atoms with Crippen LogP contribution in [0.4, 0.5) is 0 Å². The van der Waals surface area contributed by atoms with Crippen LogP contribution in [0.1, 0.15) is 44.9 Å². The Bertz CT molecular complexity index is 460. The number of carbonyl (C=O) groups excluding carboxylic acids is 1. The van der Waals surface area contributed by atoms with Gasteiger partial charge in [-0.05, 0) is 25.0 Å². The van der Waals surface area contributed by atoms with E-state index in [1.54, 1.807) is 0 Å². The Morgan fingerprint density at radius 1 is 1.10 bits per heavy atom. The molecule has 1 amide bonds. The summed E-state index contributed by atoms with van der Waals surface area (Å²) in [4.78, 5) is 23.7. The van der Waals surface area contributed by atoms with Gasteiger partial charge in [-0.15, -0.1) is 0 Å². The Balaban J connectivity index is 1.84. The first-order valence-corrected chi connectivity index (χ1v) is 7.73. The smallest absolute Gasteiger partial charge is 0.310 e. The number of nitrogens with one attached hydrogen (secondary N) is 1. The number of carbonyl (C=O) groups is 2. The van der Waals surface area contributed by atoms with Crippen LogP contribution in [0.2, 0.25) is 0 Å². The van der Waals surface area contributed by atoms with Gasteiger partial charge in [-0.3, -0.25) is 9.59 Å². The van der Waals surface area contributed by atoms with E-state index in [9.17, 15) is 14.7 Å². The first kappa shape index (κ1) is 15.6. The molecule has 5 nitrogen and oxygen atoms in total. The first-order valence-electron chi connectivity index (χ1n) is 7.73. The molecule has 0 unspecified atom stereocenters. The van der Waals surface area contributed by atoms with Gasteiger partial charge in [-0.25, -0.2) is 0 Å². The highest BCUT2D eigenvalue weighted by molar-refractivity contribution is 5.85. The summed E-state index contributed by atoms with van der Waals surface area (Å²) in [7, 11) is 0. The van der Waals surface area contributed by atoms with Crippen molar-refractivity contribution in [3.63, 3.8) is 0 Å². The van der Waals surface area contributed by atoms with E-state index in [4.69, 9.17) is 0 Å². The zero-order valence-corrected chi connectivity index (χ0v) is 12.4. The average Bonchev–Trinajstić information content (AvgIpc) is 2.84. The molecule has 2 N–H and O–H groups in total. The molecule has 0 aliphatic heterocycles. The van der Waals surface area contributed by atoms with Gasteiger partial charge in [0.15, 0.2) is 0 Å². The molecule has 1 saturated carbocycles. The molecule has 5 heteroatoms. The normalized spacial score (nSPS) is 17.9. The molecule has 0 bridgehead atoms. The fourth-order valence-corrected chi connectivity index (χ4v) is 3.09. The Hall–Kier alpha value is -1.78. The monoisotopic (exact) mass is 292 g/mol. The van der Waals surface area contributed by atoms with E-state index in [0.717, 1.165) is 25.7 Å². The second-order valence-electron chi connectivity index (χ2n) is 5.95. The van der Waals surface area contributed by atoms with E-state index in [-0.39, 0.29) is 12.3 Å². The third-order valence-corrected chi connectivity index (χ3v) is 4.37. The average molecular weight is 292 g/mol. The third-order valence-electron chi connectivity index (χ3n) is 4.37. The molecule has 21 heavy (non-hydrogen) atoms. The molecule has 1 heterocycles. The SMILES string of the molecule is O=C(CC1(C(=O)O)CCCCCC1)NCCn1cccc1. The highest BCUT2D eigenvalue weighted by atomic mass is 16.4. The van der Waals surface area contributed by atoms with Gasteiger partial charge < -0.3 is 15.0 Å². The molecule has 0 saturated heterocycles. The molecule has 0 spiro atoms. The predicted molar refractivity (Wildman–Crippen MR) is 79.8 cm³/mol. The van der Waals surface area contributed by atoms with Gasteiger partial charge in [0.05, 0.1) is 5.41 Å². The van der Waals surface area contributed by atoms with E-state index in [1.807, 2.05) is 29.1 Å². The molecule has 2 rings (SSSR count). The summed E-state index contributed by atoms with van der Waals surface area (Å²) in [5.74, 6) is -0.962. The minimum absolute atomic E-state index is 0.105. The maximum atomic E-state index is 12.1. The fourth-order valence-electron chi connectivity index (χ4n) is 3.09. The Kier molecular flexibility index (Phi) is 5.42. The third kappa shape index (κ3) is 4.34. The van der Waals surface area contributed by atoms with Crippen LogP contribution in [0.25, 0.3) is 0 Å². The molecule has 1 fully saturated rings. The largest absolute Gasteiger partial charge is 0.481 e. The molecule has 116 valence electrons. The summed E-state index contributed by atoms with van der Waals surface area (Å²) < 4.78 is 1.99. The van der Waals surface area contributed by atoms with Gasteiger partial charge in [0.25, 0.3) is 0 Å². The highest BCUT2D eigenvalue weighted by Gasteiger charge is 2.40. The molecule has 1 aromatic heterocycles. The number of nitrogens with zero attached hydrogens (tertiary/aromatic N) is 1. The van der Waals surface area contributed by atoms with E-state index < -0.39 is 11.4 Å². The quantitative estimate of drug-likeness (QED) is 0.791. The van der Waals surface area contributed by atoms with Crippen molar-refractivity contribution in [3.05, 3.63) is 24.5 Å². The highest BCUT2D eigenvalue weighted by Crippen LogP contribution is 2.38. The van der Waals surface area contributed by atoms with Crippen LogP contribution in [0.5, 0.6) is 0 Å². The summed E-state index contributed by atoms with van der Waals surface area (Å²) in [6, 6.07) is 3.87. The number of amides is 1. The Morgan fingerprint density at radius 2 is 1.71 bits per heavy atom. The lowest BCUT2D eigenvalue weighted by molar-refractivity contribution is -0.152. The van der Waals surface area contributed by atoms with Crippen LogP contribution in [0.3, 0.4) is 0 Å². The number of carboxylic acid groups (broad SMARTS) is 1. The Morgan fingerprint density at radius 3 is 2.29 bits per heavy atom. The van der Waals surface area contributed by atoms with Crippen LogP contribution < -0.4 is 5.32 Å². The first-order chi connectivity index (χ1) is 10.1. The number of hydrogen-bond donors (Lipinski definition) is 2. The van der Waals surface area contributed by atoms with E-state index >= 15 is 0 Å². The maximum absolute atomic E-state index is 12.1. The van der Waals surface area contributed by atoms with Crippen LogP contribution in [0.15, 0.2) is 24.5 Å². The topological polar surface area (TPSA) is 71.3 Å². The van der Waals surface area contributed by atoms with Gasteiger partial charge in [0, 0.05) is 31.9 Å². The van der Waals surface area contributed by atoms with Crippen molar-refractivity contribution in [3.8, 4) is 0 Å². The van der Waals surface area contributed by atoms with E-state index in [0.29, 0.717) is 25.9 Å². The molecular formula is C16H24N2O3. The lowest BCUT2D eigenvalue weighted by atomic mass is 9.77. The maximum Gasteiger partial charge on any atom is 0.310 e. The summed E-state index contributed by atoms with van der Waals surface area (Å²) in [5, 5.41) is 12.4. The van der Waals surface area contributed by atoms with E-state index in [2.05, 4.69) is 5.32 Å². The standard InChI is InChI=1S/C16H24N2O3/c19-14(17-9-12-18-10-5-6-11-18)13-16(15(20)21)7-3-1-2-4-8-16/h5-6,10-11H,1-4,7-9,12-13H2,(H,17,19)(H,20,21). The predicted octanol–water partition coefficient (Wildman–Crippen LogP) is 2.42. The number of hydrogen-bond acceptors (Lipinski definition) is 2. The van der Waals surface area contributed by atoms with Gasteiger partial charge in [0.1, 0.15) is 0 Å². The van der Waals surface area contributed by atoms with Crippen molar-refractivity contribution < 1.29 is 14.7 Å². The van der Waals surface area contributed by atoms with Crippen molar-refractivity contribution in [1.29, 1.82) is 0 Å². The number of rotatable bonds is 6. The zero-order chi connectivity index (χ0) is 15.1. The van der Waals surface area contributed by atoms with Crippen molar-refractivity contribution >= 4 is 11.9 Å². The molecule has 1 aliphatic carbocycles. The number of aromatic nitrogens is 1. The summed E-state index contributed by atoms with van der Waals surface area (Å²) in [6.07, 6.45) is 9.18. The van der Waals surface area contributed by atoms with Crippen LogP contribution in [-0.2, 0) is 16.1 Å². The van der Waals surface area contributed by atoms with Crippen molar-refractivity contribution in [2.24, 2.45) is 5.41 Å². The van der Waals surface area contributed by atoms with Gasteiger partial charge >= 0.3 is 5.97 Å². The van der Waals surface area contributed by atoms with Crippen molar-refractivity contribution in [1.82, 2.24) is 9.88 Å². The molecule has 1 aliphatic rings. The molecule has 1 aromatic rings. The Labute approximate surface area is 125 Å². The zero-order valence-electron chi connectivity index (χ0n) is 12.4. The van der Waals surface area contributed by atoms with Crippen LogP contribution in [0, 0.1) is 5.41 Å². The van der Waals surface area contributed by atoms with Crippen molar-refractivity contribution in [2.75, 3.05) is 6.54 Å². The van der Waals surface area contributed by atoms with Gasteiger partial charge in [0.2, 0.25) is 5.91 Å². The van der Waals surface area contributed by atoms with Gasteiger partial charge in [-0.1, -0.05) is 25.7 Å². The summed E-state index contributed by atoms with van der Waals surface area (Å²) in [5.41, 5.74) is -0.853. The summed E-state index contributed by atoms with van der Waals surface area (Å²) in [6.45, 7) is 1.24. The molecule has 0 radical (unpaired) electrons. The van der Waals surface area contributed by atoms with Crippen LogP contribution in [-0.4, -0.2) is 28.1 Å². The van der Waals surface area contributed by atoms with Crippen LogP contribution >= 0.6 is 0 Å². The fraction of sp³-hybridized carbons (Fsp3) is 0.625. The lowest BCUT2D eigenvalue weighted by Crippen LogP contribution is -2.38. The minimum atomic E-state index is -0.853. The lowest BCUT2D eigenvalue weighted by Gasteiger charge is -2.27. The molecule has 0 atom stereocenters. The molecular weight excluding hydrogens is 268 g/mol. The second-order valence-corrected chi connectivity index (χ2v) is 5.95. The number of aliphatic carboxylic acids is 1.